The smallest absolute Gasteiger partial charge is 0.326 e. The number of carbonyl (C=O) groups is 3. The minimum absolute atomic E-state index is 0.0374. The highest BCUT2D eigenvalue weighted by Crippen LogP contribution is 2.52. The molecule has 0 radical (unpaired) electrons. The Hall–Kier alpha value is -4.43. The number of amides is 3. The van der Waals surface area contributed by atoms with Crippen LogP contribution in [0.5, 0.6) is 11.5 Å². The number of ether oxygens (including phenoxy) is 5. The van der Waals surface area contributed by atoms with Crippen LogP contribution < -0.4 is 14.8 Å². The number of carbonyl (C=O) groups excluding carboxylic acids is 3. The maximum atomic E-state index is 14.1. The molecule has 2 saturated heterocycles. The fraction of sp³-hybridized carbons (Fsp3) is 0.542. The molecule has 0 aliphatic carbocycles. The summed E-state index contributed by atoms with van der Waals surface area (Å²) in [4.78, 5) is 41.3. The van der Waals surface area contributed by atoms with Crippen LogP contribution in [0.1, 0.15) is 78.0 Å². The average molecular weight is 935 g/mol. The van der Waals surface area contributed by atoms with Gasteiger partial charge in [-0.1, -0.05) is 75.4 Å². The molecular formula is C48H67N4O11PSi. The van der Waals surface area contributed by atoms with Crippen LogP contribution >= 0.6 is 8.53 Å². The monoisotopic (exact) mass is 934 g/mol. The van der Waals surface area contributed by atoms with E-state index in [2.05, 4.69) is 77.6 Å². The van der Waals surface area contributed by atoms with Crippen molar-refractivity contribution in [2.45, 2.75) is 122 Å². The van der Waals surface area contributed by atoms with Gasteiger partial charge in [0.2, 0.25) is 5.91 Å². The van der Waals surface area contributed by atoms with Crippen LogP contribution in [0.4, 0.5) is 4.79 Å². The molecule has 3 aromatic rings. The Morgan fingerprint density at radius 1 is 0.892 bits per heavy atom. The van der Waals surface area contributed by atoms with Crippen molar-refractivity contribution in [1.29, 1.82) is 5.26 Å². The molecule has 0 saturated carbocycles. The van der Waals surface area contributed by atoms with Crippen molar-refractivity contribution >= 4 is 34.8 Å². The minimum Gasteiger partial charge on any atom is -0.497 e. The Bertz CT molecular complexity index is 2020. The molecule has 6 atom stereocenters. The van der Waals surface area contributed by atoms with Crippen molar-refractivity contribution in [2.75, 3.05) is 41.1 Å². The van der Waals surface area contributed by atoms with E-state index in [4.69, 9.17) is 37.2 Å². The van der Waals surface area contributed by atoms with E-state index in [0.717, 1.165) is 16.7 Å². The molecule has 3 aromatic carbocycles. The molecule has 65 heavy (non-hydrogen) atoms. The van der Waals surface area contributed by atoms with Gasteiger partial charge in [0, 0.05) is 18.6 Å². The summed E-state index contributed by atoms with van der Waals surface area (Å²) in [5.74, 6) is -0.772. The second-order valence-electron chi connectivity index (χ2n) is 18.3. The van der Waals surface area contributed by atoms with E-state index < -0.39 is 70.8 Å². The van der Waals surface area contributed by atoms with Gasteiger partial charge in [0.05, 0.1) is 59.4 Å². The average Bonchev–Trinajstić information content (AvgIpc) is 3.59. The topological polar surface area (TPSA) is 167 Å². The summed E-state index contributed by atoms with van der Waals surface area (Å²) >= 11 is 0. The Balaban J connectivity index is 1.73. The SMILES string of the molecule is COC(=O)CC1CN([C@@H]2O[C@H](COC(c3ccccc3)(c3ccc(OC)cc3)c3ccc(OC)cc3)[C@H](OP(OCCC#N)N(C(C)C)C(C)C)C2O[Si](C)(C)C(C)(C)C)C(=O)NC1=O. The standard InChI is InChI=1S/C48H67N4O11PSi/c1-32(2)52(33(3)4)64(60-28-16-27-49)62-42-40(61-45(43(42)63-65(11,12)47(5,6)7)51-30-34(29-41(53)58-10)44(54)50-46(51)55)31-59-48(35-17-14-13-15-18-35,36-19-23-38(56-8)24-20-36)37-21-25-39(57-9)26-22-37/h13-15,17-26,32-34,40,42-43,45H,16,28-31H2,1-12H3,(H,50,54,55)/t34?,40-,42+,43?,45-,64?/m1/s1. The van der Waals surface area contributed by atoms with Crippen molar-refractivity contribution in [3.8, 4) is 17.6 Å². The largest absolute Gasteiger partial charge is 0.497 e. The van der Waals surface area contributed by atoms with Gasteiger partial charge in [-0.05, 0) is 86.8 Å². The zero-order valence-electron chi connectivity index (χ0n) is 39.9. The van der Waals surface area contributed by atoms with Crippen molar-refractivity contribution in [3.63, 3.8) is 0 Å². The maximum absolute atomic E-state index is 14.1. The van der Waals surface area contributed by atoms with E-state index in [1.165, 1.54) is 12.0 Å². The molecule has 2 fully saturated rings. The van der Waals surface area contributed by atoms with Gasteiger partial charge in [0.25, 0.3) is 8.53 Å². The van der Waals surface area contributed by atoms with E-state index >= 15 is 0 Å². The fourth-order valence-electron chi connectivity index (χ4n) is 7.89. The number of nitriles is 1. The third-order valence-electron chi connectivity index (χ3n) is 12.3. The number of benzene rings is 3. The highest BCUT2D eigenvalue weighted by Gasteiger charge is 2.57. The van der Waals surface area contributed by atoms with Gasteiger partial charge in [-0.25, -0.2) is 9.46 Å². The lowest BCUT2D eigenvalue weighted by molar-refractivity contribution is -0.147. The van der Waals surface area contributed by atoms with Crippen molar-refractivity contribution in [2.24, 2.45) is 5.92 Å². The quantitative estimate of drug-likeness (QED) is 0.0355. The lowest BCUT2D eigenvalue weighted by Gasteiger charge is -2.44. The zero-order valence-corrected chi connectivity index (χ0v) is 41.8. The van der Waals surface area contributed by atoms with Gasteiger partial charge in [0.1, 0.15) is 35.4 Å². The summed E-state index contributed by atoms with van der Waals surface area (Å²) in [6.45, 7) is 18.7. The predicted octanol–water partition coefficient (Wildman–Crippen LogP) is 8.52. The highest BCUT2D eigenvalue weighted by atomic mass is 31.2. The van der Waals surface area contributed by atoms with E-state index in [1.54, 1.807) is 14.2 Å². The molecule has 354 valence electrons. The zero-order chi connectivity index (χ0) is 47.7. The van der Waals surface area contributed by atoms with E-state index in [1.807, 2.05) is 78.9 Å². The van der Waals surface area contributed by atoms with Gasteiger partial charge in [-0.15, -0.1) is 0 Å². The second kappa shape index (κ2) is 22.4. The first kappa shape index (κ1) is 51.5. The van der Waals surface area contributed by atoms with Crippen LogP contribution in [0.25, 0.3) is 0 Å². The molecule has 5 rings (SSSR count). The minimum atomic E-state index is -2.73. The van der Waals surface area contributed by atoms with Gasteiger partial charge in [-0.2, -0.15) is 5.26 Å². The molecule has 0 aromatic heterocycles. The molecule has 0 spiro atoms. The van der Waals surface area contributed by atoms with Crippen molar-refractivity contribution in [1.82, 2.24) is 14.9 Å². The molecule has 3 amide bonds. The molecule has 1 N–H and O–H groups in total. The summed E-state index contributed by atoms with van der Waals surface area (Å²) in [7, 11) is -0.137. The Kier molecular flexibility index (Phi) is 17.7. The molecular weight excluding hydrogens is 868 g/mol. The third kappa shape index (κ3) is 11.9. The number of esters is 1. The summed E-state index contributed by atoms with van der Waals surface area (Å²) in [6, 6.07) is 26.7. The number of hydrogen-bond donors (Lipinski definition) is 1. The Morgan fingerprint density at radius 2 is 1.45 bits per heavy atom. The number of imide groups is 1. The molecule has 15 nitrogen and oxygen atoms in total. The third-order valence-corrected chi connectivity index (χ3v) is 18.9. The molecule has 17 heteroatoms. The normalized spacial score (nSPS) is 21.1. The van der Waals surface area contributed by atoms with Crippen LogP contribution in [0, 0.1) is 17.2 Å². The highest BCUT2D eigenvalue weighted by molar-refractivity contribution is 7.44. The molecule has 0 bridgehead atoms. The molecule has 2 aliphatic heterocycles. The predicted molar refractivity (Wildman–Crippen MR) is 249 cm³/mol. The van der Waals surface area contributed by atoms with Crippen LogP contribution in [0.3, 0.4) is 0 Å². The lowest BCUT2D eigenvalue weighted by atomic mass is 9.80. The van der Waals surface area contributed by atoms with E-state index in [-0.39, 0.29) is 49.7 Å². The van der Waals surface area contributed by atoms with Crippen molar-refractivity contribution in [3.05, 3.63) is 95.6 Å². The number of hydrogen-bond acceptors (Lipinski definition) is 13. The number of urea groups is 1. The summed E-state index contributed by atoms with van der Waals surface area (Å²) in [5.41, 5.74) is 1.16. The van der Waals surface area contributed by atoms with Gasteiger partial charge in [-0.3, -0.25) is 19.8 Å². The van der Waals surface area contributed by atoms with Crippen LogP contribution in [-0.2, 0) is 42.9 Å². The Labute approximate surface area is 387 Å². The van der Waals surface area contributed by atoms with Crippen LogP contribution in [0.15, 0.2) is 78.9 Å². The first-order valence-electron chi connectivity index (χ1n) is 22.1. The molecule has 2 heterocycles. The van der Waals surface area contributed by atoms with Gasteiger partial charge >= 0.3 is 12.0 Å². The Morgan fingerprint density at radius 3 is 1.94 bits per heavy atom. The van der Waals surface area contributed by atoms with Gasteiger partial charge in [0.15, 0.2) is 14.5 Å². The molecule has 3 unspecified atom stereocenters. The lowest BCUT2D eigenvalue weighted by Crippen LogP contribution is -2.62. The van der Waals surface area contributed by atoms with Crippen molar-refractivity contribution < 1.29 is 51.5 Å². The number of nitrogens with zero attached hydrogens (tertiary/aromatic N) is 3. The number of methoxy groups -OCH3 is 3. The van der Waals surface area contributed by atoms with Crippen LogP contribution in [-0.4, -0.2) is 114 Å². The first-order chi connectivity index (χ1) is 30.8. The first-order valence-corrected chi connectivity index (χ1v) is 26.1. The van der Waals surface area contributed by atoms with Crippen LogP contribution in [0.2, 0.25) is 18.1 Å². The number of nitrogens with one attached hydrogen (secondary N) is 1. The fourth-order valence-corrected chi connectivity index (χ4v) is 10.9. The summed E-state index contributed by atoms with van der Waals surface area (Å²) in [6.07, 6.45) is -4.04. The van der Waals surface area contributed by atoms with E-state index in [0.29, 0.717) is 11.5 Å². The summed E-state index contributed by atoms with van der Waals surface area (Å²) < 4.78 is 53.9. The second-order valence-corrected chi connectivity index (χ2v) is 24.4. The van der Waals surface area contributed by atoms with E-state index in [9.17, 15) is 19.6 Å². The molecule has 2 aliphatic rings. The maximum Gasteiger partial charge on any atom is 0.326 e. The summed E-state index contributed by atoms with van der Waals surface area (Å²) in [5, 5.41) is 11.7. The number of rotatable bonds is 21. The van der Waals surface area contributed by atoms with Gasteiger partial charge < -0.3 is 37.2 Å².